The Balaban J connectivity index is 1.62. The number of nitrogens with one attached hydrogen (secondary N) is 1. The minimum absolute atomic E-state index is 0.0500. The molecule has 1 aromatic heterocycles. The molecule has 0 bridgehead atoms. The Hall–Kier alpha value is -2.99. The second-order valence-corrected chi connectivity index (χ2v) is 6.64. The largest absolute Gasteiger partial charge is 0.508 e. The summed E-state index contributed by atoms with van der Waals surface area (Å²) in [4.78, 5) is 24.5. The number of carbonyl (C=O) groups is 2. The van der Waals surface area contributed by atoms with Crippen molar-refractivity contribution in [3.8, 4) is 5.75 Å². The Bertz CT molecular complexity index is 1010. The molecule has 1 amide bonds. The number of esters is 1. The molecule has 3 rings (SSSR count). The molecule has 2 aromatic carbocycles. The van der Waals surface area contributed by atoms with Crippen molar-refractivity contribution in [2.24, 2.45) is 0 Å². The lowest BCUT2D eigenvalue weighted by Gasteiger charge is -2.14. The number of hydrogen-bond acceptors (Lipinski definition) is 5. The molecule has 7 heteroatoms. The zero-order valence-corrected chi connectivity index (χ0v) is 15.5. The fraction of sp³-hybridized carbons (Fsp3) is 0.200. The molecule has 1 heterocycles. The highest BCUT2D eigenvalue weighted by Gasteiger charge is 2.20. The molecule has 1 atom stereocenters. The molecule has 0 saturated carbocycles. The topological polar surface area (TPSA) is 88.8 Å². The average molecular weight is 388 g/mol. The number of phenols is 1. The first-order valence-corrected chi connectivity index (χ1v) is 8.67. The third kappa shape index (κ3) is 4.41. The number of furan rings is 1. The molecule has 0 aliphatic rings. The van der Waals surface area contributed by atoms with E-state index in [0.717, 1.165) is 5.56 Å². The van der Waals surface area contributed by atoms with E-state index >= 15 is 0 Å². The van der Waals surface area contributed by atoms with Gasteiger partial charge in [0.15, 0.2) is 6.10 Å². The smallest absolute Gasteiger partial charge is 0.311 e. The van der Waals surface area contributed by atoms with Crippen LogP contribution in [0.25, 0.3) is 11.0 Å². The van der Waals surface area contributed by atoms with Gasteiger partial charge in [-0.05, 0) is 43.7 Å². The molecule has 140 valence electrons. The Morgan fingerprint density at radius 3 is 2.81 bits per heavy atom. The van der Waals surface area contributed by atoms with E-state index in [1.807, 2.05) is 6.92 Å². The van der Waals surface area contributed by atoms with Gasteiger partial charge in [0.05, 0.1) is 12.7 Å². The Morgan fingerprint density at radius 2 is 2.04 bits per heavy atom. The maximum atomic E-state index is 12.3. The highest BCUT2D eigenvalue weighted by Crippen LogP contribution is 2.25. The SMILES string of the molecule is Cc1ccc(Cl)cc1NC(=O)[C@@H](C)OC(=O)Cc1coc2cc(O)ccc12. The van der Waals surface area contributed by atoms with Gasteiger partial charge >= 0.3 is 5.97 Å². The molecular formula is C20H18ClNO5. The quantitative estimate of drug-likeness (QED) is 0.640. The van der Waals surface area contributed by atoms with E-state index in [1.54, 1.807) is 24.3 Å². The Morgan fingerprint density at radius 1 is 1.26 bits per heavy atom. The van der Waals surface area contributed by atoms with Crippen LogP contribution >= 0.6 is 11.6 Å². The molecule has 0 saturated heterocycles. The summed E-state index contributed by atoms with van der Waals surface area (Å²) in [6.45, 7) is 3.34. The van der Waals surface area contributed by atoms with Crippen molar-refractivity contribution in [3.05, 3.63) is 58.8 Å². The highest BCUT2D eigenvalue weighted by molar-refractivity contribution is 6.31. The Labute approximate surface area is 160 Å². The second-order valence-electron chi connectivity index (χ2n) is 6.20. The van der Waals surface area contributed by atoms with Crippen LogP contribution in [0.1, 0.15) is 18.1 Å². The van der Waals surface area contributed by atoms with Crippen molar-refractivity contribution >= 4 is 40.1 Å². The van der Waals surface area contributed by atoms with Gasteiger partial charge in [-0.3, -0.25) is 9.59 Å². The summed E-state index contributed by atoms with van der Waals surface area (Å²) in [5.74, 6) is -0.931. The molecule has 3 aromatic rings. The lowest BCUT2D eigenvalue weighted by molar-refractivity contribution is -0.152. The molecule has 2 N–H and O–H groups in total. The molecule has 0 fully saturated rings. The standard InChI is InChI=1S/C20H18ClNO5/c1-11-3-4-14(21)8-17(11)22-20(25)12(2)27-19(24)7-13-10-26-18-9-15(23)5-6-16(13)18/h3-6,8-10,12,23H,7H2,1-2H3,(H,22,25)/t12-/m1/s1. The minimum atomic E-state index is -0.974. The maximum absolute atomic E-state index is 12.3. The number of phenolic OH excluding ortho intramolecular Hbond substituents is 1. The van der Waals surface area contributed by atoms with Gasteiger partial charge in [0, 0.05) is 27.7 Å². The maximum Gasteiger partial charge on any atom is 0.311 e. The molecule has 27 heavy (non-hydrogen) atoms. The number of halogens is 1. The van der Waals surface area contributed by atoms with Crippen LogP contribution in [-0.4, -0.2) is 23.1 Å². The van der Waals surface area contributed by atoms with E-state index in [0.29, 0.717) is 27.2 Å². The summed E-state index contributed by atoms with van der Waals surface area (Å²) in [5.41, 5.74) is 2.50. The normalized spacial score (nSPS) is 12.0. The number of rotatable bonds is 5. The van der Waals surface area contributed by atoms with Gasteiger partial charge in [-0.1, -0.05) is 17.7 Å². The lowest BCUT2D eigenvalue weighted by Crippen LogP contribution is -2.30. The summed E-state index contributed by atoms with van der Waals surface area (Å²) < 4.78 is 10.6. The summed E-state index contributed by atoms with van der Waals surface area (Å²) in [6.07, 6.45) is 0.412. The zero-order valence-electron chi connectivity index (χ0n) is 14.8. The first kappa shape index (κ1) is 18.8. The summed E-state index contributed by atoms with van der Waals surface area (Å²) >= 11 is 5.94. The van der Waals surface area contributed by atoms with Crippen LogP contribution in [-0.2, 0) is 20.7 Å². The zero-order chi connectivity index (χ0) is 19.6. The van der Waals surface area contributed by atoms with E-state index in [9.17, 15) is 14.7 Å². The van der Waals surface area contributed by atoms with E-state index in [4.69, 9.17) is 20.8 Å². The van der Waals surface area contributed by atoms with Crippen LogP contribution < -0.4 is 5.32 Å². The fourth-order valence-corrected chi connectivity index (χ4v) is 2.79. The van der Waals surface area contributed by atoms with Gasteiger partial charge in [-0.25, -0.2) is 0 Å². The van der Waals surface area contributed by atoms with Gasteiger partial charge in [-0.2, -0.15) is 0 Å². The Kier molecular flexibility index (Phi) is 5.37. The fourth-order valence-electron chi connectivity index (χ4n) is 2.62. The predicted octanol–water partition coefficient (Wildman–Crippen LogP) is 4.21. The number of anilines is 1. The number of carbonyl (C=O) groups excluding carboxylic acids is 2. The minimum Gasteiger partial charge on any atom is -0.508 e. The molecule has 6 nitrogen and oxygen atoms in total. The summed E-state index contributed by atoms with van der Waals surface area (Å²) in [5, 5.41) is 13.4. The third-order valence-electron chi connectivity index (χ3n) is 4.11. The van der Waals surface area contributed by atoms with Crippen molar-refractivity contribution in [2.45, 2.75) is 26.4 Å². The molecule has 0 aliphatic heterocycles. The van der Waals surface area contributed by atoms with Crippen molar-refractivity contribution in [2.75, 3.05) is 5.32 Å². The van der Waals surface area contributed by atoms with E-state index in [2.05, 4.69) is 5.32 Å². The monoisotopic (exact) mass is 387 g/mol. The van der Waals surface area contributed by atoms with Gasteiger partial charge in [0.2, 0.25) is 0 Å². The lowest BCUT2D eigenvalue weighted by atomic mass is 10.1. The highest BCUT2D eigenvalue weighted by atomic mass is 35.5. The molecule has 0 radical (unpaired) electrons. The number of aryl methyl sites for hydroxylation is 1. The second kappa shape index (κ2) is 7.72. The average Bonchev–Trinajstić information content (AvgIpc) is 2.99. The number of aromatic hydroxyl groups is 1. The van der Waals surface area contributed by atoms with Crippen LogP contribution in [0, 0.1) is 6.92 Å². The first-order chi connectivity index (χ1) is 12.8. The van der Waals surface area contributed by atoms with Crippen LogP contribution in [0.15, 0.2) is 47.1 Å². The van der Waals surface area contributed by atoms with Crippen LogP contribution in [0.4, 0.5) is 5.69 Å². The van der Waals surface area contributed by atoms with Gasteiger partial charge in [0.1, 0.15) is 11.3 Å². The molecule has 0 aliphatic carbocycles. The molecule has 0 spiro atoms. The van der Waals surface area contributed by atoms with Crippen molar-refractivity contribution in [1.82, 2.24) is 0 Å². The van der Waals surface area contributed by atoms with Crippen molar-refractivity contribution < 1.29 is 23.8 Å². The third-order valence-corrected chi connectivity index (χ3v) is 4.34. The number of amides is 1. The van der Waals surface area contributed by atoms with Crippen molar-refractivity contribution in [1.29, 1.82) is 0 Å². The number of hydrogen-bond donors (Lipinski definition) is 2. The van der Waals surface area contributed by atoms with E-state index in [1.165, 1.54) is 25.3 Å². The number of fused-ring (bicyclic) bond motifs is 1. The summed E-state index contributed by atoms with van der Waals surface area (Å²) in [7, 11) is 0. The van der Waals surface area contributed by atoms with E-state index < -0.39 is 18.0 Å². The van der Waals surface area contributed by atoms with Crippen LogP contribution in [0.2, 0.25) is 5.02 Å². The van der Waals surface area contributed by atoms with Crippen molar-refractivity contribution in [3.63, 3.8) is 0 Å². The van der Waals surface area contributed by atoms with Gasteiger partial charge < -0.3 is 19.6 Å². The number of benzene rings is 2. The predicted molar refractivity (Wildman–Crippen MR) is 102 cm³/mol. The van der Waals surface area contributed by atoms with Gasteiger partial charge in [0.25, 0.3) is 5.91 Å². The molecular weight excluding hydrogens is 370 g/mol. The van der Waals surface area contributed by atoms with Crippen LogP contribution in [0.5, 0.6) is 5.75 Å². The van der Waals surface area contributed by atoms with Gasteiger partial charge in [-0.15, -0.1) is 0 Å². The summed E-state index contributed by atoms with van der Waals surface area (Å²) in [6, 6.07) is 9.79. The number of ether oxygens (including phenoxy) is 1. The van der Waals surface area contributed by atoms with Crippen LogP contribution in [0.3, 0.4) is 0 Å². The van der Waals surface area contributed by atoms with E-state index in [-0.39, 0.29) is 12.2 Å². The first-order valence-electron chi connectivity index (χ1n) is 8.29. The molecule has 0 unspecified atom stereocenters.